The minimum Gasteiger partial charge on any atom is -0.299 e. The molecule has 0 aromatic carbocycles. The van der Waals surface area contributed by atoms with Crippen molar-refractivity contribution in [1.29, 1.82) is 0 Å². The van der Waals surface area contributed by atoms with Crippen molar-refractivity contribution in [3.63, 3.8) is 0 Å². The number of unbranched alkanes of at least 4 members (excludes halogenated alkanes) is 3. The molecule has 0 aliphatic carbocycles. The van der Waals surface area contributed by atoms with E-state index in [1.165, 1.54) is 43.3 Å². The van der Waals surface area contributed by atoms with Crippen molar-refractivity contribution in [2.45, 2.75) is 51.5 Å². The van der Waals surface area contributed by atoms with E-state index < -0.39 is 0 Å². The van der Waals surface area contributed by atoms with Crippen LogP contribution in [0.5, 0.6) is 0 Å². The predicted molar refractivity (Wildman–Crippen MR) is 77.2 cm³/mol. The van der Waals surface area contributed by atoms with Crippen molar-refractivity contribution in [2.24, 2.45) is 0 Å². The van der Waals surface area contributed by atoms with Crippen molar-refractivity contribution < 1.29 is 0 Å². The van der Waals surface area contributed by atoms with Crippen molar-refractivity contribution in [2.75, 3.05) is 13.6 Å². The van der Waals surface area contributed by atoms with Gasteiger partial charge in [-0.25, -0.2) is 0 Å². The van der Waals surface area contributed by atoms with Crippen LogP contribution in [0.25, 0.3) is 0 Å². The van der Waals surface area contributed by atoms with E-state index >= 15 is 0 Å². The molecule has 1 aliphatic rings. The molecule has 0 aromatic heterocycles. The predicted octanol–water partition coefficient (Wildman–Crippen LogP) is 4.33. The summed E-state index contributed by atoms with van der Waals surface area (Å²) in [6.45, 7) is 11.4. The standard InChI is InChI=1S/C16H27N/c1-5-7-8-9-11-16-15(10-6-2)14(3)12-13-17(16)4/h6,10,16H,2-3,5,7-9,11-13H2,1,4H3/b15-10+. The van der Waals surface area contributed by atoms with Crippen molar-refractivity contribution in [3.05, 3.63) is 36.5 Å². The lowest BCUT2D eigenvalue weighted by Crippen LogP contribution is -2.38. The van der Waals surface area contributed by atoms with Gasteiger partial charge in [0, 0.05) is 12.6 Å². The van der Waals surface area contributed by atoms with Gasteiger partial charge < -0.3 is 0 Å². The van der Waals surface area contributed by atoms with Gasteiger partial charge in [-0.1, -0.05) is 57.9 Å². The number of hydrogen-bond acceptors (Lipinski definition) is 1. The Morgan fingerprint density at radius 3 is 2.76 bits per heavy atom. The first kappa shape index (κ1) is 14.2. The summed E-state index contributed by atoms with van der Waals surface area (Å²) in [5.74, 6) is 0. The largest absolute Gasteiger partial charge is 0.299 e. The minimum absolute atomic E-state index is 0.561. The third-order valence-electron chi connectivity index (χ3n) is 3.69. The number of hydrogen-bond donors (Lipinski definition) is 0. The second-order valence-electron chi connectivity index (χ2n) is 5.06. The van der Waals surface area contributed by atoms with E-state index in [1.807, 2.05) is 6.08 Å². The van der Waals surface area contributed by atoms with E-state index in [2.05, 4.69) is 38.1 Å². The molecule has 1 atom stereocenters. The summed E-state index contributed by atoms with van der Waals surface area (Å²) in [5, 5.41) is 0. The molecule has 1 saturated heterocycles. The molecular formula is C16H27N. The highest BCUT2D eigenvalue weighted by Gasteiger charge is 2.24. The maximum atomic E-state index is 4.20. The van der Waals surface area contributed by atoms with Crippen LogP contribution < -0.4 is 0 Å². The summed E-state index contributed by atoms with van der Waals surface area (Å²) in [6, 6.07) is 0.561. The molecule has 1 nitrogen and oxygen atoms in total. The Morgan fingerprint density at radius 2 is 2.12 bits per heavy atom. The fourth-order valence-corrected chi connectivity index (χ4v) is 2.58. The van der Waals surface area contributed by atoms with E-state index in [0.29, 0.717) is 6.04 Å². The second kappa shape index (κ2) is 7.50. The Morgan fingerprint density at radius 1 is 1.35 bits per heavy atom. The molecule has 0 spiro atoms. The van der Waals surface area contributed by atoms with Crippen LogP contribution in [0, 0.1) is 0 Å². The quantitative estimate of drug-likeness (QED) is 0.617. The molecule has 0 amide bonds. The normalized spacial score (nSPS) is 24.2. The highest BCUT2D eigenvalue weighted by Crippen LogP contribution is 2.29. The highest BCUT2D eigenvalue weighted by atomic mass is 15.1. The Bertz CT molecular complexity index is 288. The highest BCUT2D eigenvalue weighted by molar-refractivity contribution is 5.37. The number of piperidine rings is 1. The summed E-state index contributed by atoms with van der Waals surface area (Å²) in [6.07, 6.45) is 11.8. The van der Waals surface area contributed by atoms with Crippen molar-refractivity contribution in [1.82, 2.24) is 4.90 Å². The van der Waals surface area contributed by atoms with Gasteiger partial charge in [-0.2, -0.15) is 0 Å². The number of likely N-dealkylation sites (tertiary alicyclic amines) is 1. The number of likely N-dealkylation sites (N-methyl/N-ethyl adjacent to an activating group) is 1. The Labute approximate surface area is 107 Å². The van der Waals surface area contributed by atoms with Crippen LogP contribution in [0.1, 0.15) is 45.4 Å². The first-order valence-corrected chi connectivity index (χ1v) is 6.91. The van der Waals surface area contributed by atoms with Crippen LogP contribution in [-0.4, -0.2) is 24.5 Å². The van der Waals surface area contributed by atoms with E-state index in [0.717, 1.165) is 13.0 Å². The fraction of sp³-hybridized carbons (Fsp3) is 0.625. The van der Waals surface area contributed by atoms with Crippen molar-refractivity contribution in [3.8, 4) is 0 Å². The molecule has 1 rings (SSSR count). The lowest BCUT2D eigenvalue weighted by Gasteiger charge is -2.36. The monoisotopic (exact) mass is 233 g/mol. The van der Waals surface area contributed by atoms with Gasteiger partial charge in [0.15, 0.2) is 0 Å². The van der Waals surface area contributed by atoms with Gasteiger partial charge >= 0.3 is 0 Å². The lowest BCUT2D eigenvalue weighted by molar-refractivity contribution is 0.241. The average molecular weight is 233 g/mol. The third-order valence-corrected chi connectivity index (χ3v) is 3.69. The van der Waals surface area contributed by atoms with Gasteiger partial charge in [-0.3, -0.25) is 4.90 Å². The van der Waals surface area contributed by atoms with Crippen LogP contribution in [0.4, 0.5) is 0 Å². The van der Waals surface area contributed by atoms with Gasteiger partial charge in [0.05, 0.1) is 0 Å². The minimum atomic E-state index is 0.561. The van der Waals surface area contributed by atoms with Gasteiger partial charge in [0.25, 0.3) is 0 Å². The SMILES string of the molecule is C=C/C=C1\C(=C)CCN(C)C1CCCCCC. The van der Waals surface area contributed by atoms with Crippen LogP contribution >= 0.6 is 0 Å². The number of nitrogens with zero attached hydrogens (tertiary/aromatic N) is 1. The van der Waals surface area contributed by atoms with Crippen LogP contribution in [0.15, 0.2) is 36.5 Å². The first-order valence-electron chi connectivity index (χ1n) is 6.91. The van der Waals surface area contributed by atoms with Gasteiger partial charge in [0.2, 0.25) is 0 Å². The maximum absolute atomic E-state index is 4.20. The topological polar surface area (TPSA) is 3.24 Å². The Hall–Kier alpha value is -0.820. The molecule has 0 N–H and O–H groups in total. The van der Waals surface area contributed by atoms with E-state index in [-0.39, 0.29) is 0 Å². The molecule has 1 heterocycles. The van der Waals surface area contributed by atoms with Crippen LogP contribution in [-0.2, 0) is 0 Å². The zero-order valence-electron chi connectivity index (χ0n) is 11.5. The molecule has 1 aliphatic heterocycles. The summed E-state index contributed by atoms with van der Waals surface area (Å²) in [5.41, 5.74) is 2.72. The molecule has 17 heavy (non-hydrogen) atoms. The number of allylic oxidation sites excluding steroid dienone is 2. The molecule has 1 heteroatoms. The molecule has 1 fully saturated rings. The zero-order chi connectivity index (χ0) is 12.7. The van der Waals surface area contributed by atoms with Gasteiger partial charge in [0.1, 0.15) is 0 Å². The molecule has 96 valence electrons. The maximum Gasteiger partial charge on any atom is 0.0347 e. The number of rotatable bonds is 6. The molecule has 1 unspecified atom stereocenters. The zero-order valence-corrected chi connectivity index (χ0v) is 11.5. The molecule has 0 radical (unpaired) electrons. The molecule has 0 saturated carbocycles. The van der Waals surface area contributed by atoms with E-state index in [4.69, 9.17) is 0 Å². The summed E-state index contributed by atoms with van der Waals surface area (Å²) in [4.78, 5) is 2.47. The second-order valence-corrected chi connectivity index (χ2v) is 5.06. The Kier molecular flexibility index (Phi) is 6.28. The summed E-state index contributed by atoms with van der Waals surface area (Å²) >= 11 is 0. The average Bonchev–Trinajstić information content (AvgIpc) is 2.32. The fourth-order valence-electron chi connectivity index (χ4n) is 2.58. The third kappa shape index (κ3) is 4.16. The van der Waals surface area contributed by atoms with Gasteiger partial charge in [-0.05, 0) is 31.0 Å². The van der Waals surface area contributed by atoms with E-state index in [9.17, 15) is 0 Å². The molecular weight excluding hydrogens is 206 g/mol. The summed E-state index contributed by atoms with van der Waals surface area (Å²) < 4.78 is 0. The van der Waals surface area contributed by atoms with Crippen molar-refractivity contribution >= 4 is 0 Å². The van der Waals surface area contributed by atoms with Crippen LogP contribution in [0.3, 0.4) is 0 Å². The van der Waals surface area contributed by atoms with Gasteiger partial charge in [-0.15, -0.1) is 0 Å². The molecule has 0 aromatic rings. The first-order chi connectivity index (χ1) is 8.20. The Balaban J connectivity index is 2.59. The van der Waals surface area contributed by atoms with Crippen LogP contribution in [0.2, 0.25) is 0 Å². The molecule has 0 bridgehead atoms. The lowest BCUT2D eigenvalue weighted by atomic mass is 9.88. The van der Waals surface area contributed by atoms with E-state index in [1.54, 1.807) is 0 Å². The summed E-state index contributed by atoms with van der Waals surface area (Å²) in [7, 11) is 2.23. The smallest absolute Gasteiger partial charge is 0.0347 e.